The summed E-state index contributed by atoms with van der Waals surface area (Å²) in [6, 6.07) is 7.94. The lowest BCUT2D eigenvalue weighted by Gasteiger charge is -2.26. The molecule has 1 aliphatic rings. The van der Waals surface area contributed by atoms with Crippen LogP contribution in [0.5, 0.6) is 0 Å². The van der Waals surface area contributed by atoms with E-state index >= 15 is 0 Å². The third kappa shape index (κ3) is 3.43. The van der Waals surface area contributed by atoms with Gasteiger partial charge in [0.2, 0.25) is 11.8 Å². The molecule has 1 N–H and O–H groups in total. The molecular weight excluding hydrogens is 322 g/mol. The molecule has 1 atom stereocenters. The summed E-state index contributed by atoms with van der Waals surface area (Å²) in [7, 11) is 1.79. The van der Waals surface area contributed by atoms with Crippen LogP contribution in [0.2, 0.25) is 0 Å². The smallest absolute Gasteiger partial charge is 0.245 e. The molecule has 5 nitrogen and oxygen atoms in total. The minimum atomic E-state index is -0.306. The molecule has 1 aliphatic heterocycles. The number of aryl methyl sites for hydroxylation is 1. The zero-order chi connectivity index (χ0) is 17.1. The lowest BCUT2D eigenvalue weighted by atomic mass is 10.1. The highest BCUT2D eigenvalue weighted by Crippen LogP contribution is 2.24. The first kappa shape index (κ1) is 16.9. The number of amides is 2. The minimum Gasteiger partial charge on any atom is -0.361 e. The van der Waals surface area contributed by atoms with E-state index in [1.165, 1.54) is 0 Å². The van der Waals surface area contributed by atoms with Gasteiger partial charge in [0.1, 0.15) is 6.04 Å². The number of aromatic amines is 1. The number of hydrogen-bond donors (Lipinski definition) is 1. The fourth-order valence-electron chi connectivity index (χ4n) is 2.96. The Balaban J connectivity index is 1.62. The Hall–Kier alpha value is -1.95. The van der Waals surface area contributed by atoms with Crippen molar-refractivity contribution in [2.75, 3.05) is 25.2 Å². The van der Waals surface area contributed by atoms with Crippen LogP contribution in [-0.2, 0) is 16.0 Å². The third-order valence-corrected chi connectivity index (χ3v) is 5.60. The van der Waals surface area contributed by atoms with Crippen LogP contribution in [0.3, 0.4) is 0 Å². The second-order valence-electron chi connectivity index (χ2n) is 6.13. The van der Waals surface area contributed by atoms with E-state index in [0.717, 1.165) is 16.5 Å². The summed E-state index contributed by atoms with van der Waals surface area (Å²) < 4.78 is 0. The Morgan fingerprint density at radius 1 is 1.38 bits per heavy atom. The van der Waals surface area contributed by atoms with Gasteiger partial charge in [0.05, 0.1) is 5.88 Å². The number of H-pyrrole nitrogens is 1. The highest BCUT2D eigenvalue weighted by Gasteiger charge is 2.35. The monoisotopic (exact) mass is 345 g/mol. The van der Waals surface area contributed by atoms with Gasteiger partial charge in [0, 0.05) is 37.5 Å². The zero-order valence-corrected chi connectivity index (χ0v) is 14.9. The number of rotatable bonds is 5. The van der Waals surface area contributed by atoms with E-state index < -0.39 is 0 Å². The fraction of sp³-hybridized carbons (Fsp3) is 0.444. The van der Waals surface area contributed by atoms with Gasteiger partial charge in [-0.15, -0.1) is 11.8 Å². The van der Waals surface area contributed by atoms with E-state index in [1.54, 1.807) is 28.6 Å². The van der Waals surface area contributed by atoms with Gasteiger partial charge in [-0.2, -0.15) is 0 Å². The molecule has 0 saturated carbocycles. The topological polar surface area (TPSA) is 56.4 Å². The van der Waals surface area contributed by atoms with Gasteiger partial charge < -0.3 is 14.8 Å². The first-order chi connectivity index (χ1) is 11.6. The molecule has 1 aromatic carbocycles. The zero-order valence-electron chi connectivity index (χ0n) is 14.1. The maximum atomic E-state index is 12.6. The molecule has 1 aromatic heterocycles. The Labute approximate surface area is 146 Å². The number of likely N-dealkylation sites (N-methyl/N-ethyl adjacent to an activating group) is 1. The van der Waals surface area contributed by atoms with Crippen LogP contribution >= 0.6 is 11.8 Å². The van der Waals surface area contributed by atoms with Crippen molar-refractivity contribution in [1.29, 1.82) is 0 Å². The van der Waals surface area contributed by atoms with Crippen LogP contribution in [0.1, 0.15) is 18.9 Å². The van der Waals surface area contributed by atoms with Crippen molar-refractivity contribution in [1.82, 2.24) is 14.8 Å². The number of carbonyl (C=O) groups is 2. The average molecular weight is 345 g/mol. The Kier molecular flexibility index (Phi) is 5.14. The summed E-state index contributed by atoms with van der Waals surface area (Å²) >= 11 is 1.65. The first-order valence-corrected chi connectivity index (χ1v) is 9.44. The Morgan fingerprint density at radius 3 is 3.00 bits per heavy atom. The Morgan fingerprint density at radius 2 is 2.21 bits per heavy atom. The van der Waals surface area contributed by atoms with Crippen LogP contribution in [0, 0.1) is 0 Å². The molecule has 0 radical (unpaired) electrons. The van der Waals surface area contributed by atoms with E-state index in [9.17, 15) is 9.59 Å². The molecule has 2 aromatic rings. The van der Waals surface area contributed by atoms with Crippen LogP contribution in [0.25, 0.3) is 10.9 Å². The molecule has 2 amide bonds. The van der Waals surface area contributed by atoms with Gasteiger partial charge in [-0.3, -0.25) is 9.59 Å². The number of nitrogens with zero attached hydrogens (tertiary/aromatic N) is 2. The molecule has 128 valence electrons. The molecule has 1 saturated heterocycles. The van der Waals surface area contributed by atoms with E-state index in [2.05, 4.69) is 17.1 Å². The summed E-state index contributed by atoms with van der Waals surface area (Å²) in [6.07, 6.45) is 3.06. The highest BCUT2D eigenvalue weighted by molar-refractivity contribution is 7.99. The largest absolute Gasteiger partial charge is 0.361 e. The van der Waals surface area contributed by atoms with Crippen molar-refractivity contribution in [3.05, 3.63) is 36.0 Å². The van der Waals surface area contributed by atoms with Crippen LogP contribution in [0.15, 0.2) is 30.5 Å². The number of carbonyl (C=O) groups excluding carboxylic acids is 2. The highest BCUT2D eigenvalue weighted by atomic mass is 32.2. The van der Waals surface area contributed by atoms with Gasteiger partial charge in [-0.1, -0.05) is 6.07 Å². The first-order valence-electron chi connectivity index (χ1n) is 8.28. The van der Waals surface area contributed by atoms with Gasteiger partial charge in [0.25, 0.3) is 0 Å². The molecule has 3 rings (SSSR count). The van der Waals surface area contributed by atoms with Crippen molar-refractivity contribution in [2.24, 2.45) is 0 Å². The summed E-state index contributed by atoms with van der Waals surface area (Å²) in [5, 5.41) is 1.16. The molecule has 24 heavy (non-hydrogen) atoms. The van der Waals surface area contributed by atoms with E-state index in [4.69, 9.17) is 0 Å². The summed E-state index contributed by atoms with van der Waals surface area (Å²) in [5.41, 5.74) is 2.25. The van der Waals surface area contributed by atoms with Crippen LogP contribution < -0.4 is 0 Å². The van der Waals surface area contributed by atoms with Gasteiger partial charge >= 0.3 is 0 Å². The van der Waals surface area contributed by atoms with E-state index in [-0.39, 0.29) is 17.9 Å². The minimum absolute atomic E-state index is 0.0459. The van der Waals surface area contributed by atoms with Gasteiger partial charge in [-0.25, -0.2) is 0 Å². The maximum Gasteiger partial charge on any atom is 0.245 e. The number of nitrogens with one attached hydrogen (secondary N) is 1. The quantitative estimate of drug-likeness (QED) is 0.906. The molecular formula is C18H23N3O2S. The SMILES string of the molecule is CCN(C)C(=O)[C@@H]1CSCN1C(=O)CCc1ccc2[nH]ccc2c1. The van der Waals surface area contributed by atoms with Crippen molar-refractivity contribution in [3.63, 3.8) is 0 Å². The molecule has 2 heterocycles. The van der Waals surface area contributed by atoms with Gasteiger partial charge in [-0.05, 0) is 42.5 Å². The van der Waals surface area contributed by atoms with E-state index in [1.807, 2.05) is 25.3 Å². The number of fused-ring (bicyclic) bond motifs is 1. The normalized spacial score (nSPS) is 17.4. The lowest BCUT2D eigenvalue weighted by molar-refractivity contribution is -0.142. The number of thioether (sulfide) groups is 1. The lowest BCUT2D eigenvalue weighted by Crippen LogP contribution is -2.47. The molecule has 0 spiro atoms. The number of aromatic nitrogens is 1. The molecule has 1 fully saturated rings. The van der Waals surface area contributed by atoms with Crippen LogP contribution in [-0.4, -0.2) is 57.9 Å². The van der Waals surface area contributed by atoms with Crippen molar-refractivity contribution < 1.29 is 9.59 Å². The third-order valence-electron chi connectivity index (χ3n) is 4.58. The molecule has 6 heteroatoms. The average Bonchev–Trinajstić information content (AvgIpc) is 3.26. The predicted octanol–water partition coefficient (Wildman–Crippen LogP) is 2.48. The summed E-state index contributed by atoms with van der Waals surface area (Å²) in [6.45, 7) is 2.61. The summed E-state index contributed by atoms with van der Waals surface area (Å²) in [4.78, 5) is 31.6. The Bertz CT molecular complexity index is 743. The van der Waals surface area contributed by atoms with Crippen molar-refractivity contribution in [2.45, 2.75) is 25.8 Å². The summed E-state index contributed by atoms with van der Waals surface area (Å²) in [5.74, 6) is 1.43. The predicted molar refractivity (Wildman–Crippen MR) is 97.9 cm³/mol. The van der Waals surface area contributed by atoms with Gasteiger partial charge in [0.15, 0.2) is 0 Å². The van der Waals surface area contributed by atoms with E-state index in [0.29, 0.717) is 31.0 Å². The van der Waals surface area contributed by atoms with Crippen molar-refractivity contribution in [3.8, 4) is 0 Å². The standard InChI is InChI=1S/C18H23N3O2S/c1-3-20(2)18(23)16-11-24-12-21(16)17(22)7-5-13-4-6-15-14(10-13)8-9-19-15/h4,6,8-10,16,19H,3,5,7,11-12H2,1-2H3/t16-/m0/s1. The second kappa shape index (κ2) is 7.30. The van der Waals surface area contributed by atoms with Crippen LogP contribution in [0.4, 0.5) is 0 Å². The second-order valence-corrected chi connectivity index (χ2v) is 7.13. The molecule has 0 aliphatic carbocycles. The fourth-order valence-corrected chi connectivity index (χ4v) is 4.13. The molecule has 0 unspecified atom stereocenters. The number of benzene rings is 1. The maximum absolute atomic E-state index is 12.6. The van der Waals surface area contributed by atoms with Crippen molar-refractivity contribution >= 4 is 34.5 Å². The molecule has 0 bridgehead atoms. The number of hydrogen-bond acceptors (Lipinski definition) is 3.